The predicted octanol–water partition coefficient (Wildman–Crippen LogP) is 4.86. The van der Waals surface area contributed by atoms with Gasteiger partial charge in [0.05, 0.1) is 16.6 Å². The SMILES string of the molecule is Cc1ccc(NC(=O)c2ccc(-n3c(C)nc4ccccc4c3=O)cc2)cc1I. The summed E-state index contributed by atoms with van der Waals surface area (Å²) in [5.41, 5.74) is 3.66. The van der Waals surface area contributed by atoms with E-state index in [0.717, 1.165) is 14.8 Å². The quantitative estimate of drug-likeness (QED) is 0.413. The van der Waals surface area contributed by atoms with Crippen LogP contribution in [0.2, 0.25) is 0 Å². The zero-order valence-electron chi connectivity index (χ0n) is 15.9. The molecular weight excluding hydrogens is 477 g/mol. The Bertz CT molecular complexity index is 1290. The van der Waals surface area contributed by atoms with Gasteiger partial charge in [-0.05, 0) is 90.5 Å². The molecule has 3 aromatic carbocycles. The van der Waals surface area contributed by atoms with E-state index in [9.17, 15) is 9.59 Å². The number of anilines is 1. The van der Waals surface area contributed by atoms with E-state index in [1.807, 2.05) is 43.3 Å². The third kappa shape index (κ3) is 3.80. The molecule has 4 aromatic rings. The number of hydrogen-bond acceptors (Lipinski definition) is 3. The maximum atomic E-state index is 12.9. The molecule has 4 rings (SSSR count). The molecule has 5 nitrogen and oxygen atoms in total. The zero-order valence-corrected chi connectivity index (χ0v) is 18.1. The molecule has 0 aliphatic heterocycles. The van der Waals surface area contributed by atoms with Gasteiger partial charge >= 0.3 is 0 Å². The Hall–Kier alpha value is -3.00. The average Bonchev–Trinajstić information content (AvgIpc) is 2.71. The Morgan fingerprint density at radius 2 is 1.72 bits per heavy atom. The highest BCUT2D eigenvalue weighted by molar-refractivity contribution is 14.1. The summed E-state index contributed by atoms with van der Waals surface area (Å²) in [4.78, 5) is 30.0. The van der Waals surface area contributed by atoms with Gasteiger partial charge in [-0.1, -0.05) is 18.2 Å². The highest BCUT2D eigenvalue weighted by Crippen LogP contribution is 2.19. The fourth-order valence-corrected chi connectivity index (χ4v) is 3.70. The van der Waals surface area contributed by atoms with Crippen molar-refractivity contribution in [2.75, 3.05) is 5.32 Å². The number of aromatic nitrogens is 2. The molecule has 0 aliphatic rings. The summed E-state index contributed by atoms with van der Waals surface area (Å²) in [5.74, 6) is 0.400. The number of nitrogens with zero attached hydrogens (tertiary/aromatic N) is 2. The minimum Gasteiger partial charge on any atom is -0.322 e. The summed E-state index contributed by atoms with van der Waals surface area (Å²) in [6.07, 6.45) is 0. The van der Waals surface area contributed by atoms with Crippen molar-refractivity contribution in [3.05, 3.63) is 97.6 Å². The Morgan fingerprint density at radius 3 is 2.45 bits per heavy atom. The zero-order chi connectivity index (χ0) is 20.5. The van der Waals surface area contributed by atoms with Crippen LogP contribution >= 0.6 is 22.6 Å². The van der Waals surface area contributed by atoms with Crippen molar-refractivity contribution < 1.29 is 4.79 Å². The van der Waals surface area contributed by atoms with Crippen LogP contribution in [0.1, 0.15) is 21.7 Å². The number of carbonyl (C=O) groups excluding carboxylic acids is 1. The first-order valence-corrected chi connectivity index (χ1v) is 10.2. The topological polar surface area (TPSA) is 64.0 Å². The second kappa shape index (κ2) is 7.79. The van der Waals surface area contributed by atoms with E-state index in [1.54, 1.807) is 41.8 Å². The van der Waals surface area contributed by atoms with Crippen molar-refractivity contribution >= 4 is 45.1 Å². The Labute approximate surface area is 181 Å². The Kier molecular flexibility index (Phi) is 5.19. The van der Waals surface area contributed by atoms with E-state index in [0.29, 0.717) is 28.0 Å². The number of carbonyl (C=O) groups is 1. The number of hydrogen-bond donors (Lipinski definition) is 1. The fraction of sp³-hybridized carbons (Fsp3) is 0.0870. The third-order valence-corrected chi connectivity index (χ3v) is 5.92. The average molecular weight is 495 g/mol. The first-order valence-electron chi connectivity index (χ1n) is 9.10. The lowest BCUT2D eigenvalue weighted by molar-refractivity contribution is 0.102. The molecule has 1 heterocycles. The smallest absolute Gasteiger partial charge is 0.265 e. The molecule has 6 heteroatoms. The molecule has 1 N–H and O–H groups in total. The van der Waals surface area contributed by atoms with Gasteiger partial charge in [0, 0.05) is 14.8 Å². The van der Waals surface area contributed by atoms with E-state index in [4.69, 9.17) is 0 Å². The van der Waals surface area contributed by atoms with Gasteiger partial charge in [0.25, 0.3) is 11.5 Å². The van der Waals surface area contributed by atoms with E-state index in [-0.39, 0.29) is 11.5 Å². The second-order valence-corrected chi connectivity index (χ2v) is 7.94. The summed E-state index contributed by atoms with van der Waals surface area (Å²) < 4.78 is 2.65. The summed E-state index contributed by atoms with van der Waals surface area (Å²) in [6.45, 7) is 3.82. The van der Waals surface area contributed by atoms with Crippen LogP contribution in [0, 0.1) is 17.4 Å². The summed E-state index contributed by atoms with van der Waals surface area (Å²) in [7, 11) is 0. The van der Waals surface area contributed by atoms with Gasteiger partial charge < -0.3 is 5.32 Å². The van der Waals surface area contributed by atoms with Crippen molar-refractivity contribution in [1.82, 2.24) is 9.55 Å². The molecule has 0 atom stereocenters. The molecule has 0 bridgehead atoms. The van der Waals surface area contributed by atoms with Gasteiger partial charge in [0.1, 0.15) is 5.82 Å². The van der Waals surface area contributed by atoms with Crippen molar-refractivity contribution in [2.45, 2.75) is 13.8 Å². The normalized spacial score (nSPS) is 10.9. The number of rotatable bonds is 3. The number of fused-ring (bicyclic) bond motifs is 1. The highest BCUT2D eigenvalue weighted by atomic mass is 127. The molecule has 0 unspecified atom stereocenters. The molecule has 1 amide bonds. The minimum atomic E-state index is -0.197. The lowest BCUT2D eigenvalue weighted by atomic mass is 10.1. The summed E-state index contributed by atoms with van der Waals surface area (Å²) >= 11 is 2.24. The second-order valence-electron chi connectivity index (χ2n) is 6.78. The van der Waals surface area contributed by atoms with Gasteiger partial charge in [-0.2, -0.15) is 0 Å². The fourth-order valence-electron chi connectivity index (χ4n) is 3.18. The molecule has 0 aliphatic carbocycles. The molecule has 0 fully saturated rings. The van der Waals surface area contributed by atoms with Crippen molar-refractivity contribution in [2.24, 2.45) is 0 Å². The molecule has 0 spiro atoms. The Balaban J connectivity index is 1.64. The Morgan fingerprint density at radius 1 is 1.00 bits per heavy atom. The lowest BCUT2D eigenvalue weighted by Crippen LogP contribution is -2.22. The van der Waals surface area contributed by atoms with E-state index < -0.39 is 0 Å². The molecular formula is C23H18IN3O2. The molecule has 0 saturated carbocycles. The number of halogens is 1. The van der Waals surface area contributed by atoms with Gasteiger partial charge in [-0.25, -0.2) is 4.98 Å². The van der Waals surface area contributed by atoms with Crippen LogP contribution in [0.5, 0.6) is 0 Å². The number of para-hydroxylation sites is 1. The van der Waals surface area contributed by atoms with Crippen molar-refractivity contribution in [1.29, 1.82) is 0 Å². The third-order valence-electron chi connectivity index (χ3n) is 4.76. The minimum absolute atomic E-state index is 0.125. The van der Waals surface area contributed by atoms with Crippen LogP contribution < -0.4 is 10.9 Å². The van der Waals surface area contributed by atoms with Gasteiger partial charge in [-0.15, -0.1) is 0 Å². The van der Waals surface area contributed by atoms with Crippen LogP contribution in [0.3, 0.4) is 0 Å². The first kappa shape index (κ1) is 19.3. The predicted molar refractivity (Wildman–Crippen MR) is 124 cm³/mol. The first-order chi connectivity index (χ1) is 13.9. The number of nitrogens with one attached hydrogen (secondary N) is 1. The van der Waals surface area contributed by atoms with Gasteiger partial charge in [0.2, 0.25) is 0 Å². The maximum absolute atomic E-state index is 12.9. The molecule has 144 valence electrons. The van der Waals surface area contributed by atoms with E-state index in [1.165, 1.54) is 0 Å². The summed E-state index contributed by atoms with van der Waals surface area (Å²) in [5, 5.41) is 3.47. The van der Waals surface area contributed by atoms with Crippen LogP contribution in [-0.4, -0.2) is 15.5 Å². The van der Waals surface area contributed by atoms with Crippen molar-refractivity contribution in [3.8, 4) is 5.69 Å². The number of amides is 1. The van der Waals surface area contributed by atoms with E-state index in [2.05, 4.69) is 32.9 Å². The molecule has 1 aromatic heterocycles. The number of aryl methyl sites for hydroxylation is 2. The molecule has 0 saturated heterocycles. The number of benzene rings is 3. The summed E-state index contributed by atoms with van der Waals surface area (Å²) in [6, 6.07) is 20.0. The maximum Gasteiger partial charge on any atom is 0.265 e. The highest BCUT2D eigenvalue weighted by Gasteiger charge is 2.11. The standard InChI is InChI=1S/C23H18IN3O2/c1-14-7-10-17(13-20(14)24)26-22(28)16-8-11-18(12-9-16)27-15(2)25-21-6-4-3-5-19(21)23(27)29/h3-13H,1-2H3,(H,26,28). The van der Waals surface area contributed by atoms with Crippen molar-refractivity contribution in [3.63, 3.8) is 0 Å². The largest absolute Gasteiger partial charge is 0.322 e. The van der Waals surface area contributed by atoms with E-state index >= 15 is 0 Å². The van der Waals surface area contributed by atoms with Crippen LogP contribution in [0.25, 0.3) is 16.6 Å². The molecule has 29 heavy (non-hydrogen) atoms. The molecule has 0 radical (unpaired) electrons. The lowest BCUT2D eigenvalue weighted by Gasteiger charge is -2.12. The monoisotopic (exact) mass is 495 g/mol. The van der Waals surface area contributed by atoms with Crippen LogP contribution in [-0.2, 0) is 0 Å². The van der Waals surface area contributed by atoms with Crippen LogP contribution in [0.4, 0.5) is 5.69 Å². The van der Waals surface area contributed by atoms with Gasteiger partial charge in [-0.3, -0.25) is 14.2 Å². The van der Waals surface area contributed by atoms with Gasteiger partial charge in [0.15, 0.2) is 0 Å². The van der Waals surface area contributed by atoms with Crippen LogP contribution in [0.15, 0.2) is 71.5 Å².